The fourth-order valence-electron chi connectivity index (χ4n) is 1.26. The summed E-state index contributed by atoms with van der Waals surface area (Å²) in [5.41, 5.74) is -2.76. The largest absolute Gasteiger partial charge is 0.460 e. The molecule has 3 nitrogen and oxygen atoms in total. The van der Waals surface area contributed by atoms with E-state index in [1.165, 1.54) is 5.43 Å². The predicted molar refractivity (Wildman–Crippen MR) is 41.8 cm³/mol. The molecule has 1 heterocycles. The number of rotatable bonds is 2. The van der Waals surface area contributed by atoms with E-state index in [1.54, 1.807) is 0 Å². The number of hydrazone groups is 1. The summed E-state index contributed by atoms with van der Waals surface area (Å²) in [5.74, 6) is -12.1. The summed E-state index contributed by atoms with van der Waals surface area (Å²) in [5, 5.41) is 12.1. The van der Waals surface area contributed by atoms with Crippen molar-refractivity contribution in [3.63, 3.8) is 0 Å². The molecule has 0 aromatic heterocycles. The van der Waals surface area contributed by atoms with Crippen LogP contribution in [0.15, 0.2) is 5.10 Å². The van der Waals surface area contributed by atoms with Gasteiger partial charge in [0.05, 0.1) is 0 Å². The predicted octanol–water partition coefficient (Wildman–Crippen LogP) is 1.88. The van der Waals surface area contributed by atoms with Gasteiger partial charge in [-0.05, 0) is 6.92 Å². The van der Waals surface area contributed by atoms with Gasteiger partial charge in [0.1, 0.15) is 0 Å². The van der Waals surface area contributed by atoms with Gasteiger partial charge in [0.25, 0.3) is 0 Å². The summed E-state index contributed by atoms with van der Waals surface area (Å²) in [6.07, 6.45) is -7.62. The highest BCUT2D eigenvalue weighted by Gasteiger charge is 2.80. The minimum Gasteiger partial charge on any atom is -0.364 e. The Labute approximate surface area is 90.3 Å². The topological polar surface area (TPSA) is 44.6 Å². The molecular weight excluding hydrogens is 261 g/mol. The fourth-order valence-corrected chi connectivity index (χ4v) is 1.26. The number of aliphatic hydroxyl groups is 1. The molecule has 0 radical (unpaired) electrons. The smallest absolute Gasteiger partial charge is 0.364 e. The standard InChI is InChI=1S/C7H7F7N2O/c1-3-2-4(17,16-15-3)5(8,9)6(10,11)7(12,13)14/h16-17H,2H2,1H3. The van der Waals surface area contributed by atoms with Crippen LogP contribution >= 0.6 is 0 Å². The van der Waals surface area contributed by atoms with Crippen LogP contribution in [0.25, 0.3) is 0 Å². The van der Waals surface area contributed by atoms with E-state index in [0.717, 1.165) is 6.92 Å². The molecule has 0 saturated carbocycles. The minimum atomic E-state index is -6.48. The Bertz CT molecular complexity index is 351. The molecule has 100 valence electrons. The Morgan fingerprint density at radius 3 is 1.94 bits per heavy atom. The van der Waals surface area contributed by atoms with Crippen LogP contribution in [0.4, 0.5) is 30.7 Å². The van der Waals surface area contributed by atoms with Crippen LogP contribution in [0.5, 0.6) is 0 Å². The van der Waals surface area contributed by atoms with E-state index >= 15 is 0 Å². The second-order valence-corrected chi connectivity index (χ2v) is 3.64. The lowest BCUT2D eigenvalue weighted by atomic mass is 9.95. The molecule has 0 aliphatic carbocycles. The van der Waals surface area contributed by atoms with Gasteiger partial charge in [-0.15, -0.1) is 0 Å². The van der Waals surface area contributed by atoms with Gasteiger partial charge in [-0.3, -0.25) is 5.43 Å². The highest BCUT2D eigenvalue weighted by molar-refractivity contribution is 5.84. The second kappa shape index (κ2) is 3.47. The molecule has 1 aliphatic heterocycles. The molecule has 0 amide bonds. The van der Waals surface area contributed by atoms with Crippen LogP contribution in [0.1, 0.15) is 13.3 Å². The summed E-state index contributed by atoms with van der Waals surface area (Å²) in [4.78, 5) is 0. The van der Waals surface area contributed by atoms with Crippen molar-refractivity contribution in [3.05, 3.63) is 0 Å². The molecule has 0 spiro atoms. The zero-order valence-corrected chi connectivity index (χ0v) is 8.25. The van der Waals surface area contributed by atoms with Crippen molar-refractivity contribution >= 4 is 5.71 Å². The quantitative estimate of drug-likeness (QED) is 0.751. The van der Waals surface area contributed by atoms with E-state index in [1.807, 2.05) is 0 Å². The summed E-state index contributed by atoms with van der Waals surface area (Å²) in [6, 6.07) is 0. The van der Waals surface area contributed by atoms with E-state index in [9.17, 15) is 30.7 Å². The van der Waals surface area contributed by atoms with E-state index in [2.05, 4.69) is 5.10 Å². The number of alkyl halides is 7. The van der Waals surface area contributed by atoms with Crippen molar-refractivity contribution in [1.29, 1.82) is 0 Å². The van der Waals surface area contributed by atoms with Crippen LogP contribution in [0.3, 0.4) is 0 Å². The van der Waals surface area contributed by atoms with Gasteiger partial charge in [0, 0.05) is 12.1 Å². The molecule has 0 saturated heterocycles. The van der Waals surface area contributed by atoms with E-state index in [0.29, 0.717) is 0 Å². The number of halogens is 7. The van der Waals surface area contributed by atoms with Crippen molar-refractivity contribution in [3.8, 4) is 0 Å². The second-order valence-electron chi connectivity index (χ2n) is 3.64. The van der Waals surface area contributed by atoms with Crippen molar-refractivity contribution in [2.24, 2.45) is 5.10 Å². The lowest BCUT2D eigenvalue weighted by Crippen LogP contribution is -2.67. The van der Waals surface area contributed by atoms with Crippen molar-refractivity contribution in [2.45, 2.75) is 37.1 Å². The summed E-state index contributed by atoms with van der Waals surface area (Å²) >= 11 is 0. The first kappa shape index (κ1) is 14.0. The van der Waals surface area contributed by atoms with Crippen LogP contribution in [0, 0.1) is 0 Å². The van der Waals surface area contributed by atoms with Gasteiger partial charge < -0.3 is 5.11 Å². The highest BCUT2D eigenvalue weighted by Crippen LogP contribution is 2.51. The number of hydrogen-bond donors (Lipinski definition) is 2. The Kier molecular flexibility index (Phi) is 2.86. The van der Waals surface area contributed by atoms with Gasteiger partial charge >= 0.3 is 18.0 Å². The molecule has 1 rings (SSSR count). The van der Waals surface area contributed by atoms with E-state index < -0.39 is 30.2 Å². The molecule has 2 N–H and O–H groups in total. The Hall–Kier alpha value is -1.06. The van der Waals surface area contributed by atoms with Crippen molar-refractivity contribution < 1.29 is 35.8 Å². The molecular formula is C7H7F7N2O. The van der Waals surface area contributed by atoms with Crippen molar-refractivity contribution in [2.75, 3.05) is 0 Å². The lowest BCUT2D eigenvalue weighted by molar-refractivity contribution is -0.390. The van der Waals surface area contributed by atoms with Crippen LogP contribution in [-0.2, 0) is 0 Å². The SMILES string of the molecule is CC1=NNC(O)(C(F)(F)C(F)(F)C(F)(F)F)C1. The molecule has 0 aromatic rings. The highest BCUT2D eigenvalue weighted by atomic mass is 19.4. The lowest BCUT2D eigenvalue weighted by Gasteiger charge is -2.37. The maximum Gasteiger partial charge on any atom is 0.460 e. The number of nitrogens with one attached hydrogen (secondary N) is 1. The molecule has 1 atom stereocenters. The van der Waals surface area contributed by atoms with Crippen LogP contribution in [-0.4, -0.2) is 34.6 Å². The van der Waals surface area contributed by atoms with Crippen LogP contribution in [0.2, 0.25) is 0 Å². The molecule has 0 fully saturated rings. The number of hydrogen-bond acceptors (Lipinski definition) is 3. The molecule has 1 aliphatic rings. The summed E-state index contributed by atoms with van der Waals surface area (Å²) < 4.78 is 87.0. The minimum absolute atomic E-state index is 0.217. The first-order valence-electron chi connectivity index (χ1n) is 4.20. The third-order valence-electron chi connectivity index (χ3n) is 2.21. The summed E-state index contributed by atoms with van der Waals surface area (Å²) in [6.45, 7) is 1.09. The zero-order chi connectivity index (χ0) is 13.7. The first-order valence-corrected chi connectivity index (χ1v) is 4.20. The monoisotopic (exact) mass is 268 g/mol. The van der Waals surface area contributed by atoms with Crippen molar-refractivity contribution in [1.82, 2.24) is 5.43 Å². The molecule has 0 aromatic carbocycles. The maximum absolute atomic E-state index is 13.1. The van der Waals surface area contributed by atoms with Gasteiger partial charge in [0.15, 0.2) is 0 Å². The van der Waals surface area contributed by atoms with Gasteiger partial charge in [-0.2, -0.15) is 35.8 Å². The fraction of sp³-hybridized carbons (Fsp3) is 0.857. The Morgan fingerprint density at radius 2 is 1.65 bits per heavy atom. The summed E-state index contributed by atoms with van der Waals surface area (Å²) in [7, 11) is 0. The van der Waals surface area contributed by atoms with Crippen LogP contribution < -0.4 is 5.43 Å². The maximum atomic E-state index is 13.1. The van der Waals surface area contributed by atoms with Gasteiger partial charge in [-0.25, -0.2) is 0 Å². The zero-order valence-electron chi connectivity index (χ0n) is 8.25. The number of nitrogens with zero attached hydrogens (tertiary/aromatic N) is 1. The Balaban J connectivity index is 3.12. The van der Waals surface area contributed by atoms with E-state index in [4.69, 9.17) is 5.11 Å². The molecule has 17 heavy (non-hydrogen) atoms. The van der Waals surface area contributed by atoms with Gasteiger partial charge in [0.2, 0.25) is 5.72 Å². The van der Waals surface area contributed by atoms with Gasteiger partial charge in [-0.1, -0.05) is 0 Å². The Morgan fingerprint density at radius 1 is 1.18 bits per heavy atom. The third kappa shape index (κ3) is 1.83. The average Bonchev–Trinajstić information content (AvgIpc) is 2.45. The molecule has 0 bridgehead atoms. The first-order chi connectivity index (χ1) is 7.35. The normalized spacial score (nSPS) is 26.8. The van der Waals surface area contributed by atoms with E-state index in [-0.39, 0.29) is 5.71 Å². The molecule has 10 heteroatoms. The molecule has 1 unspecified atom stereocenters. The third-order valence-corrected chi connectivity index (χ3v) is 2.21. The average molecular weight is 268 g/mol.